The number of nitrogens with one attached hydrogen (secondary N) is 1. The molecule has 0 radical (unpaired) electrons. The molecule has 0 unspecified atom stereocenters. The van der Waals surface area contributed by atoms with E-state index in [0.29, 0.717) is 11.4 Å². The van der Waals surface area contributed by atoms with E-state index in [1.807, 2.05) is 12.1 Å². The molecule has 0 fully saturated rings. The van der Waals surface area contributed by atoms with Crippen LogP contribution in [0.3, 0.4) is 0 Å². The summed E-state index contributed by atoms with van der Waals surface area (Å²) in [6.07, 6.45) is 1.48. The summed E-state index contributed by atoms with van der Waals surface area (Å²) in [6, 6.07) is 8.83. The number of amides is 1. The summed E-state index contributed by atoms with van der Waals surface area (Å²) in [6.45, 7) is -0.510. The van der Waals surface area contributed by atoms with Crippen LogP contribution in [0.4, 0.5) is 10.1 Å². The number of anilines is 1. The first-order valence-corrected chi connectivity index (χ1v) is 7.41. The molecule has 0 saturated carbocycles. The van der Waals surface area contributed by atoms with Crippen molar-refractivity contribution in [3.63, 3.8) is 0 Å². The Morgan fingerprint density at radius 2 is 2.09 bits per heavy atom. The Morgan fingerprint density at radius 1 is 1.27 bits per heavy atom. The molecule has 3 aromatic rings. The fourth-order valence-electron chi connectivity index (χ4n) is 1.97. The van der Waals surface area contributed by atoms with Crippen molar-refractivity contribution in [2.45, 2.75) is 6.54 Å². The summed E-state index contributed by atoms with van der Waals surface area (Å²) in [7, 11) is 0. The van der Waals surface area contributed by atoms with E-state index in [1.54, 1.807) is 23.7 Å². The molecule has 2 aromatic heterocycles. The van der Waals surface area contributed by atoms with Crippen LogP contribution in [0.15, 0.2) is 42.0 Å². The van der Waals surface area contributed by atoms with Crippen LogP contribution in [-0.2, 0) is 6.54 Å². The highest BCUT2D eigenvalue weighted by Crippen LogP contribution is 2.22. The van der Waals surface area contributed by atoms with Crippen molar-refractivity contribution in [1.82, 2.24) is 20.0 Å². The van der Waals surface area contributed by atoms with Gasteiger partial charge in [0.1, 0.15) is 22.9 Å². The topological polar surface area (TPSA) is 72.7 Å². The second-order valence-electron chi connectivity index (χ2n) is 4.40. The monoisotopic (exact) mass is 317 g/mol. The lowest BCUT2D eigenvalue weighted by molar-refractivity contribution is 0.101. The van der Waals surface area contributed by atoms with Gasteiger partial charge >= 0.3 is 0 Å². The zero-order chi connectivity index (χ0) is 15.4. The summed E-state index contributed by atoms with van der Waals surface area (Å²) in [5, 5.41) is 15.3. The van der Waals surface area contributed by atoms with Gasteiger partial charge < -0.3 is 5.32 Å². The minimum atomic E-state index is -0.571. The van der Waals surface area contributed by atoms with E-state index < -0.39 is 6.67 Å². The highest BCUT2D eigenvalue weighted by atomic mass is 32.1. The van der Waals surface area contributed by atoms with Crippen LogP contribution in [0, 0.1) is 0 Å². The molecule has 0 saturated heterocycles. The van der Waals surface area contributed by atoms with Gasteiger partial charge in [0.25, 0.3) is 5.91 Å². The van der Waals surface area contributed by atoms with Crippen LogP contribution in [0.25, 0.3) is 10.6 Å². The Balaban J connectivity index is 1.73. The molecule has 8 heteroatoms. The van der Waals surface area contributed by atoms with Gasteiger partial charge in [0, 0.05) is 17.4 Å². The van der Waals surface area contributed by atoms with Gasteiger partial charge in [0.15, 0.2) is 0 Å². The number of halogens is 1. The summed E-state index contributed by atoms with van der Waals surface area (Å²) in [5.41, 5.74) is 3.57. The number of alkyl halides is 1. The number of benzene rings is 1. The minimum absolute atomic E-state index is 0.0612. The number of carbonyl (C=O) groups is 1. The van der Waals surface area contributed by atoms with E-state index in [9.17, 15) is 9.18 Å². The van der Waals surface area contributed by atoms with E-state index in [-0.39, 0.29) is 12.5 Å². The minimum Gasteiger partial charge on any atom is -0.321 e. The maximum Gasteiger partial charge on any atom is 0.273 e. The molecule has 2 heterocycles. The number of carbonyl (C=O) groups excluding carboxylic acids is 1. The largest absolute Gasteiger partial charge is 0.321 e. The normalized spacial score (nSPS) is 10.6. The van der Waals surface area contributed by atoms with Crippen LogP contribution in [0.5, 0.6) is 0 Å². The van der Waals surface area contributed by atoms with Crippen LogP contribution < -0.4 is 5.32 Å². The molecule has 0 aliphatic carbocycles. The summed E-state index contributed by atoms with van der Waals surface area (Å²) in [5.74, 6) is -0.324. The predicted molar refractivity (Wildman–Crippen MR) is 81.5 cm³/mol. The Hall–Kier alpha value is -2.61. The van der Waals surface area contributed by atoms with Gasteiger partial charge in [-0.05, 0) is 30.3 Å². The van der Waals surface area contributed by atoms with Crippen molar-refractivity contribution in [1.29, 1.82) is 0 Å². The van der Waals surface area contributed by atoms with Gasteiger partial charge in [0.05, 0.1) is 6.54 Å². The predicted octanol–water partition coefficient (Wildman–Crippen LogP) is 2.62. The van der Waals surface area contributed by atoms with Gasteiger partial charge in [0.2, 0.25) is 0 Å². The lowest BCUT2D eigenvalue weighted by atomic mass is 10.2. The number of nitrogens with zero attached hydrogens (tertiary/aromatic N) is 4. The Morgan fingerprint density at radius 3 is 2.77 bits per heavy atom. The van der Waals surface area contributed by atoms with Crippen molar-refractivity contribution in [3.8, 4) is 10.6 Å². The van der Waals surface area contributed by atoms with Crippen LogP contribution in [0.2, 0.25) is 0 Å². The van der Waals surface area contributed by atoms with Gasteiger partial charge in [-0.1, -0.05) is 11.3 Å². The van der Waals surface area contributed by atoms with Crippen molar-refractivity contribution in [3.05, 3.63) is 47.7 Å². The van der Waals surface area contributed by atoms with Crippen molar-refractivity contribution in [2.75, 3.05) is 12.0 Å². The lowest BCUT2D eigenvalue weighted by Crippen LogP contribution is -2.18. The van der Waals surface area contributed by atoms with E-state index in [0.717, 1.165) is 10.6 Å². The van der Waals surface area contributed by atoms with E-state index >= 15 is 0 Å². The van der Waals surface area contributed by atoms with Crippen LogP contribution in [0.1, 0.15) is 10.5 Å². The lowest BCUT2D eigenvalue weighted by Gasteiger charge is -2.07. The van der Waals surface area contributed by atoms with Crippen molar-refractivity contribution < 1.29 is 9.18 Å². The van der Waals surface area contributed by atoms with Gasteiger partial charge in [-0.25, -0.2) is 4.39 Å². The summed E-state index contributed by atoms with van der Waals surface area (Å²) in [4.78, 5) is 12.2. The summed E-state index contributed by atoms with van der Waals surface area (Å²) < 4.78 is 13.7. The number of hydrogen-bond donors (Lipinski definition) is 1. The molecule has 112 valence electrons. The fourth-order valence-corrected chi connectivity index (χ4v) is 2.53. The first-order valence-electron chi connectivity index (χ1n) is 6.53. The van der Waals surface area contributed by atoms with Crippen LogP contribution >= 0.6 is 11.3 Å². The molecule has 22 heavy (non-hydrogen) atoms. The summed E-state index contributed by atoms with van der Waals surface area (Å²) >= 11 is 1.44. The first-order chi connectivity index (χ1) is 10.8. The molecule has 3 rings (SSSR count). The van der Waals surface area contributed by atoms with E-state index in [1.165, 1.54) is 22.2 Å². The molecule has 0 atom stereocenters. The molecule has 0 aliphatic rings. The van der Waals surface area contributed by atoms with Gasteiger partial charge in [-0.15, -0.1) is 10.2 Å². The third kappa shape index (κ3) is 3.01. The van der Waals surface area contributed by atoms with Crippen molar-refractivity contribution in [2.24, 2.45) is 0 Å². The zero-order valence-corrected chi connectivity index (χ0v) is 12.3. The van der Waals surface area contributed by atoms with E-state index in [2.05, 4.69) is 20.6 Å². The molecule has 1 aromatic carbocycles. The molecular weight excluding hydrogens is 305 g/mol. The Labute approximate surface area is 129 Å². The quantitative estimate of drug-likeness (QED) is 0.785. The second-order valence-corrected chi connectivity index (χ2v) is 5.24. The smallest absolute Gasteiger partial charge is 0.273 e. The Kier molecular flexibility index (Phi) is 4.19. The molecule has 0 spiro atoms. The molecule has 1 N–H and O–H groups in total. The molecular formula is C14H12FN5OS. The average molecular weight is 317 g/mol. The SMILES string of the molecule is O=C(Nc1ccc(-c2nncs2)cc1)c1ccnn1CCF. The standard InChI is InChI=1S/C14H12FN5OS/c15-6-8-20-12(5-7-17-20)13(21)18-11-3-1-10(2-4-11)14-19-16-9-22-14/h1-5,7,9H,6,8H2,(H,18,21). The van der Waals surface area contributed by atoms with Crippen LogP contribution in [-0.4, -0.2) is 32.6 Å². The maximum atomic E-state index is 12.4. The van der Waals surface area contributed by atoms with E-state index in [4.69, 9.17) is 0 Å². The number of aryl methyl sites for hydroxylation is 1. The van der Waals surface area contributed by atoms with Gasteiger partial charge in [-0.3, -0.25) is 9.48 Å². The number of hydrogen-bond acceptors (Lipinski definition) is 5. The third-order valence-electron chi connectivity index (χ3n) is 3.00. The second kappa shape index (κ2) is 6.44. The first kappa shape index (κ1) is 14.3. The fraction of sp³-hybridized carbons (Fsp3) is 0.143. The highest BCUT2D eigenvalue weighted by molar-refractivity contribution is 7.12. The van der Waals surface area contributed by atoms with Gasteiger partial charge in [-0.2, -0.15) is 5.10 Å². The molecule has 0 bridgehead atoms. The third-order valence-corrected chi connectivity index (χ3v) is 3.74. The maximum absolute atomic E-state index is 12.4. The average Bonchev–Trinajstić information content (AvgIpc) is 3.19. The molecule has 6 nitrogen and oxygen atoms in total. The number of aromatic nitrogens is 4. The highest BCUT2D eigenvalue weighted by Gasteiger charge is 2.12. The molecule has 0 aliphatic heterocycles. The Bertz CT molecular complexity index is 754. The van der Waals surface area contributed by atoms with Crippen molar-refractivity contribution >= 4 is 22.9 Å². The molecule has 1 amide bonds. The number of rotatable bonds is 5. The zero-order valence-electron chi connectivity index (χ0n) is 11.4.